The summed E-state index contributed by atoms with van der Waals surface area (Å²) in [4.78, 5) is 0. The molecule has 92 valence electrons. The molecular weight excluding hydrogens is 210 g/mol. The van der Waals surface area contributed by atoms with Gasteiger partial charge in [-0.05, 0) is 36.3 Å². The molecular formula is C15H21NO. The van der Waals surface area contributed by atoms with Gasteiger partial charge < -0.3 is 10.1 Å². The van der Waals surface area contributed by atoms with Crippen LogP contribution in [0.3, 0.4) is 0 Å². The van der Waals surface area contributed by atoms with Gasteiger partial charge in [-0.1, -0.05) is 25.5 Å². The lowest BCUT2D eigenvalue weighted by atomic mass is 9.86. The highest BCUT2D eigenvalue weighted by Gasteiger charge is 2.34. The number of benzene rings is 1. The van der Waals surface area contributed by atoms with Crippen molar-refractivity contribution in [3.05, 3.63) is 23.8 Å². The van der Waals surface area contributed by atoms with E-state index in [-0.39, 0.29) is 0 Å². The highest BCUT2D eigenvalue weighted by Crippen LogP contribution is 2.47. The first-order chi connectivity index (χ1) is 8.29. The summed E-state index contributed by atoms with van der Waals surface area (Å²) in [7, 11) is 1.75. The van der Waals surface area contributed by atoms with Gasteiger partial charge in [0, 0.05) is 12.5 Å². The van der Waals surface area contributed by atoms with E-state index in [0.717, 1.165) is 24.1 Å². The number of methoxy groups -OCH3 is 1. The van der Waals surface area contributed by atoms with Crippen LogP contribution < -0.4 is 10.1 Å². The van der Waals surface area contributed by atoms with Crippen LogP contribution in [0.4, 0.5) is 5.69 Å². The quantitative estimate of drug-likeness (QED) is 0.839. The van der Waals surface area contributed by atoms with Crippen LogP contribution in [0.25, 0.3) is 0 Å². The van der Waals surface area contributed by atoms with Crippen molar-refractivity contribution in [2.45, 2.75) is 32.1 Å². The molecule has 2 aliphatic rings. The van der Waals surface area contributed by atoms with Gasteiger partial charge in [0.05, 0.1) is 12.8 Å². The number of para-hydroxylation sites is 1. The molecule has 1 saturated carbocycles. The average molecular weight is 231 g/mol. The van der Waals surface area contributed by atoms with Gasteiger partial charge in [0.1, 0.15) is 5.75 Å². The predicted molar refractivity (Wildman–Crippen MR) is 70.7 cm³/mol. The largest absolute Gasteiger partial charge is 0.495 e. The Morgan fingerprint density at radius 2 is 2.18 bits per heavy atom. The van der Waals surface area contributed by atoms with Gasteiger partial charge in [-0.2, -0.15) is 0 Å². The molecule has 3 rings (SSSR count). The van der Waals surface area contributed by atoms with E-state index >= 15 is 0 Å². The number of fused-ring (bicyclic) bond motifs is 1. The average Bonchev–Trinajstić information content (AvgIpc) is 2.94. The Kier molecular flexibility index (Phi) is 2.73. The summed E-state index contributed by atoms with van der Waals surface area (Å²) in [5.74, 6) is 3.47. The second-order valence-corrected chi connectivity index (χ2v) is 5.59. The van der Waals surface area contributed by atoms with Crippen LogP contribution in [-0.4, -0.2) is 13.7 Å². The third-order valence-corrected chi connectivity index (χ3v) is 4.48. The minimum Gasteiger partial charge on any atom is -0.495 e. The summed E-state index contributed by atoms with van der Waals surface area (Å²) in [6, 6.07) is 6.44. The van der Waals surface area contributed by atoms with E-state index in [0.29, 0.717) is 5.92 Å². The van der Waals surface area contributed by atoms with Gasteiger partial charge in [0.2, 0.25) is 0 Å². The van der Waals surface area contributed by atoms with E-state index in [1.54, 1.807) is 7.11 Å². The van der Waals surface area contributed by atoms with E-state index in [1.807, 2.05) is 6.07 Å². The smallest absolute Gasteiger partial charge is 0.142 e. The van der Waals surface area contributed by atoms with E-state index in [2.05, 4.69) is 24.4 Å². The molecule has 0 bridgehead atoms. The van der Waals surface area contributed by atoms with Crippen molar-refractivity contribution in [3.8, 4) is 5.75 Å². The summed E-state index contributed by atoms with van der Waals surface area (Å²) in [6.45, 7) is 3.47. The maximum absolute atomic E-state index is 5.43. The first-order valence-corrected chi connectivity index (χ1v) is 6.70. The van der Waals surface area contributed by atoms with E-state index in [1.165, 1.54) is 30.5 Å². The molecule has 0 saturated heterocycles. The zero-order valence-electron chi connectivity index (χ0n) is 10.7. The molecule has 2 heteroatoms. The maximum Gasteiger partial charge on any atom is 0.142 e. The highest BCUT2D eigenvalue weighted by molar-refractivity contribution is 5.67. The van der Waals surface area contributed by atoms with Gasteiger partial charge in [-0.15, -0.1) is 0 Å². The lowest BCUT2D eigenvalue weighted by Crippen LogP contribution is -2.12. The van der Waals surface area contributed by atoms with Crippen molar-refractivity contribution in [2.75, 3.05) is 19.0 Å². The molecule has 1 aromatic rings. The fourth-order valence-corrected chi connectivity index (χ4v) is 3.58. The molecule has 0 spiro atoms. The summed E-state index contributed by atoms with van der Waals surface area (Å²) in [5.41, 5.74) is 2.71. The zero-order chi connectivity index (χ0) is 11.8. The van der Waals surface area contributed by atoms with Crippen molar-refractivity contribution in [2.24, 2.45) is 11.8 Å². The van der Waals surface area contributed by atoms with Crippen molar-refractivity contribution >= 4 is 5.69 Å². The van der Waals surface area contributed by atoms with Crippen LogP contribution in [0, 0.1) is 11.8 Å². The third-order valence-electron chi connectivity index (χ3n) is 4.48. The third kappa shape index (κ3) is 1.80. The lowest BCUT2D eigenvalue weighted by Gasteiger charge is -2.18. The molecule has 3 atom stereocenters. The number of anilines is 1. The van der Waals surface area contributed by atoms with E-state index in [4.69, 9.17) is 4.74 Å². The molecule has 1 fully saturated rings. The Morgan fingerprint density at radius 3 is 2.88 bits per heavy atom. The molecule has 17 heavy (non-hydrogen) atoms. The Hall–Kier alpha value is -1.18. The Morgan fingerprint density at radius 1 is 1.29 bits per heavy atom. The minimum absolute atomic E-state index is 0.699. The van der Waals surface area contributed by atoms with Crippen LogP contribution in [0.5, 0.6) is 5.75 Å². The normalized spacial score (nSPS) is 31.1. The van der Waals surface area contributed by atoms with Gasteiger partial charge in [-0.25, -0.2) is 0 Å². The topological polar surface area (TPSA) is 21.3 Å². The molecule has 2 nitrogen and oxygen atoms in total. The monoisotopic (exact) mass is 231 g/mol. The van der Waals surface area contributed by atoms with Crippen molar-refractivity contribution in [1.82, 2.24) is 0 Å². The van der Waals surface area contributed by atoms with E-state index < -0.39 is 0 Å². The van der Waals surface area contributed by atoms with Crippen molar-refractivity contribution < 1.29 is 4.74 Å². The van der Waals surface area contributed by atoms with Crippen molar-refractivity contribution in [1.29, 1.82) is 0 Å². The molecule has 1 aromatic carbocycles. The first kappa shape index (κ1) is 10.9. The van der Waals surface area contributed by atoms with Crippen LogP contribution in [-0.2, 0) is 0 Å². The first-order valence-electron chi connectivity index (χ1n) is 6.70. The van der Waals surface area contributed by atoms with Gasteiger partial charge >= 0.3 is 0 Å². The molecule has 1 N–H and O–H groups in total. The van der Waals surface area contributed by atoms with E-state index in [9.17, 15) is 0 Å². The molecule has 0 aromatic heterocycles. The zero-order valence-corrected chi connectivity index (χ0v) is 10.7. The minimum atomic E-state index is 0.699. The summed E-state index contributed by atoms with van der Waals surface area (Å²) in [6.07, 6.45) is 4.19. The SMILES string of the molecule is COc1cccc2c1NCC2C1CCC(C)C1. The fraction of sp³-hybridized carbons (Fsp3) is 0.600. The predicted octanol–water partition coefficient (Wildman–Crippen LogP) is 3.64. The van der Waals surface area contributed by atoms with Gasteiger partial charge in [-0.3, -0.25) is 0 Å². The van der Waals surface area contributed by atoms with Crippen molar-refractivity contribution in [3.63, 3.8) is 0 Å². The number of rotatable bonds is 2. The second kappa shape index (κ2) is 4.25. The maximum atomic E-state index is 5.43. The van der Waals surface area contributed by atoms with Gasteiger partial charge in [0.25, 0.3) is 0 Å². The second-order valence-electron chi connectivity index (χ2n) is 5.59. The Labute approximate surface area is 103 Å². The Balaban J connectivity index is 1.88. The summed E-state index contributed by atoms with van der Waals surface area (Å²) in [5, 5.41) is 3.54. The Bertz CT molecular complexity index is 415. The number of nitrogens with one attached hydrogen (secondary N) is 1. The fourth-order valence-electron chi connectivity index (χ4n) is 3.58. The standard InChI is InChI=1S/C15H21NO/c1-10-6-7-11(8-10)13-9-16-15-12(13)4-3-5-14(15)17-2/h3-5,10-11,13,16H,6-9H2,1-2H3. The lowest BCUT2D eigenvalue weighted by molar-refractivity contribution is 0.416. The molecule has 3 unspecified atom stereocenters. The summed E-state index contributed by atoms with van der Waals surface area (Å²) >= 11 is 0. The molecule has 1 aliphatic carbocycles. The number of ether oxygens (including phenoxy) is 1. The van der Waals surface area contributed by atoms with Gasteiger partial charge in [0.15, 0.2) is 0 Å². The molecule has 0 radical (unpaired) electrons. The van der Waals surface area contributed by atoms with Crippen LogP contribution >= 0.6 is 0 Å². The molecule has 1 heterocycles. The summed E-state index contributed by atoms with van der Waals surface area (Å²) < 4.78 is 5.43. The number of hydrogen-bond acceptors (Lipinski definition) is 2. The molecule has 0 amide bonds. The van der Waals surface area contributed by atoms with Crippen LogP contribution in [0.2, 0.25) is 0 Å². The van der Waals surface area contributed by atoms with Crippen LogP contribution in [0.15, 0.2) is 18.2 Å². The number of hydrogen-bond donors (Lipinski definition) is 1. The highest BCUT2D eigenvalue weighted by atomic mass is 16.5. The molecule has 1 aliphatic heterocycles. The van der Waals surface area contributed by atoms with Crippen LogP contribution in [0.1, 0.15) is 37.7 Å².